The molecule has 6 nitrogen and oxygen atoms in total. The van der Waals surface area contributed by atoms with Crippen LogP contribution in [0.25, 0.3) is 155 Å². The van der Waals surface area contributed by atoms with Crippen molar-refractivity contribution in [1.82, 2.24) is 28.2 Å². The van der Waals surface area contributed by atoms with Gasteiger partial charge in [0.2, 0.25) is 0 Å². The summed E-state index contributed by atoms with van der Waals surface area (Å²) in [5, 5.41) is 9.68. The molecule has 5 heterocycles. The van der Waals surface area contributed by atoms with E-state index in [2.05, 4.69) is 297 Å². The second-order valence-electron chi connectivity index (χ2n) is 21.3. The molecule has 0 bridgehead atoms. The maximum Gasteiger partial charge on any atom is 0.160 e. The number of nitrogens with zero attached hydrogens (tertiary/aromatic N) is 6. The molecule has 5 aromatic heterocycles. The lowest BCUT2D eigenvalue weighted by Gasteiger charge is -2.18. The van der Waals surface area contributed by atoms with E-state index >= 15 is 0 Å². The molecule has 0 amide bonds. The van der Waals surface area contributed by atoms with Crippen molar-refractivity contribution in [3.63, 3.8) is 0 Å². The summed E-state index contributed by atoms with van der Waals surface area (Å²) in [6, 6.07) is 105. The zero-order valence-corrected chi connectivity index (χ0v) is 44.4. The highest BCUT2D eigenvalue weighted by molar-refractivity contribution is 6.15. The Balaban J connectivity index is 0.950. The Morgan fingerprint density at radius 1 is 0.207 bits per heavy atom. The van der Waals surface area contributed by atoms with E-state index in [1.165, 1.54) is 54.4 Å². The van der Waals surface area contributed by atoms with Crippen molar-refractivity contribution in [2.24, 2.45) is 0 Å². The van der Waals surface area contributed by atoms with Crippen molar-refractivity contribution in [3.8, 4) is 67.8 Å². The number of hydrogen-bond donors (Lipinski definition) is 0. The van der Waals surface area contributed by atoms with E-state index in [1.807, 2.05) is 12.1 Å². The summed E-state index contributed by atoms with van der Waals surface area (Å²) in [7, 11) is 0. The SMILES string of the molecule is c1ccc(-c2cc(-c3ccccc3)nc(-c3ccc(-n4c5ccc(-n6c7ccccc7c7ccccc76)cc5c5cc(-n6c7ccccc7c7ccccc76)ccc54)c(-c4cccc(-n5c6ccccc6c6ccccc65)c4)c3)n2)cc1. The van der Waals surface area contributed by atoms with Crippen LogP contribution in [-0.4, -0.2) is 28.2 Å². The van der Waals surface area contributed by atoms with Gasteiger partial charge in [0.25, 0.3) is 0 Å². The molecule has 0 unspecified atom stereocenters. The van der Waals surface area contributed by atoms with Gasteiger partial charge in [-0.25, -0.2) is 9.97 Å². The van der Waals surface area contributed by atoms with E-state index in [9.17, 15) is 0 Å². The highest BCUT2D eigenvalue weighted by atomic mass is 15.0. The Morgan fingerprint density at radius 3 is 0.976 bits per heavy atom. The lowest BCUT2D eigenvalue weighted by Crippen LogP contribution is -2.01. The van der Waals surface area contributed by atoms with Gasteiger partial charge in [-0.3, -0.25) is 0 Å². The molecule has 0 radical (unpaired) electrons. The summed E-state index contributed by atoms with van der Waals surface area (Å²) in [5.74, 6) is 0.653. The van der Waals surface area contributed by atoms with Crippen LogP contribution in [0.5, 0.6) is 0 Å². The first kappa shape index (κ1) is 45.9. The predicted molar refractivity (Wildman–Crippen MR) is 341 cm³/mol. The fourth-order valence-corrected chi connectivity index (χ4v) is 13.1. The zero-order chi connectivity index (χ0) is 53.8. The third-order valence-electron chi connectivity index (χ3n) is 16.8. The van der Waals surface area contributed by atoms with Gasteiger partial charge in [0.15, 0.2) is 5.82 Å². The van der Waals surface area contributed by atoms with Gasteiger partial charge >= 0.3 is 0 Å². The minimum atomic E-state index is 0.653. The molecule has 0 spiro atoms. The van der Waals surface area contributed by atoms with Gasteiger partial charge in [-0.15, -0.1) is 0 Å². The Bertz CT molecular complexity index is 5020. The van der Waals surface area contributed by atoms with Gasteiger partial charge < -0.3 is 18.3 Å². The Kier molecular flexibility index (Phi) is 10.2. The summed E-state index contributed by atoms with van der Waals surface area (Å²) in [6.45, 7) is 0. The standard InChI is InChI=1S/C76H48N6/c1-3-20-49(21-4-1)65-48-66(50-22-5-2-6-23-50)78-76(77-65)52-38-41-73(62(45-52)51-24-19-25-53(44-51)79-67-32-13-7-26-56(67)57-27-8-14-33-68(57)79)82-74-42-39-54(80-69-34-15-9-28-58(69)59-29-10-16-35-70(59)80)46-63(74)64-47-55(40-43-75(64)82)81-71-36-17-11-30-60(71)61-31-12-18-37-72(61)81/h1-48H. The number of aromatic nitrogens is 6. The molecule has 6 heteroatoms. The minimum Gasteiger partial charge on any atom is -0.309 e. The number of hydrogen-bond acceptors (Lipinski definition) is 2. The predicted octanol–water partition coefficient (Wildman–Crippen LogP) is 19.5. The highest BCUT2D eigenvalue weighted by Crippen LogP contribution is 2.43. The second-order valence-corrected chi connectivity index (χ2v) is 21.3. The van der Waals surface area contributed by atoms with Crippen LogP contribution in [0.4, 0.5) is 0 Å². The molecule has 0 saturated carbocycles. The van der Waals surface area contributed by atoms with Gasteiger partial charge in [0.05, 0.1) is 61.2 Å². The number of para-hydroxylation sites is 6. The van der Waals surface area contributed by atoms with Crippen LogP contribution in [0.15, 0.2) is 291 Å². The molecular weight excluding hydrogens is 997 g/mol. The van der Waals surface area contributed by atoms with Crippen LogP contribution in [0.1, 0.15) is 0 Å². The number of rotatable bonds is 8. The monoisotopic (exact) mass is 1040 g/mol. The van der Waals surface area contributed by atoms with Gasteiger partial charge in [-0.05, 0) is 115 Å². The second kappa shape index (κ2) is 18.2. The van der Waals surface area contributed by atoms with Crippen molar-refractivity contribution in [2.45, 2.75) is 0 Å². The first-order chi connectivity index (χ1) is 40.7. The zero-order valence-electron chi connectivity index (χ0n) is 44.4. The minimum absolute atomic E-state index is 0.653. The van der Waals surface area contributed by atoms with Crippen molar-refractivity contribution in [1.29, 1.82) is 0 Å². The van der Waals surface area contributed by atoms with E-state index in [1.54, 1.807) is 0 Å². The van der Waals surface area contributed by atoms with Gasteiger partial charge in [-0.2, -0.15) is 0 Å². The molecule has 0 saturated heterocycles. The van der Waals surface area contributed by atoms with Crippen molar-refractivity contribution >= 4 is 87.2 Å². The van der Waals surface area contributed by atoms with Crippen LogP contribution in [0, 0.1) is 0 Å². The van der Waals surface area contributed by atoms with Crippen molar-refractivity contribution < 1.29 is 0 Å². The summed E-state index contributed by atoms with van der Waals surface area (Å²) in [5.41, 5.74) is 20.4. The van der Waals surface area contributed by atoms with Crippen LogP contribution in [-0.2, 0) is 0 Å². The van der Waals surface area contributed by atoms with E-state index in [0.29, 0.717) is 5.82 Å². The molecule has 0 aliphatic rings. The van der Waals surface area contributed by atoms with E-state index in [4.69, 9.17) is 9.97 Å². The molecule has 17 rings (SSSR count). The molecule has 0 aliphatic carbocycles. The maximum absolute atomic E-state index is 5.38. The molecule has 0 atom stereocenters. The quantitative estimate of drug-likeness (QED) is 0.152. The molecule has 382 valence electrons. The lowest BCUT2D eigenvalue weighted by atomic mass is 9.99. The fourth-order valence-electron chi connectivity index (χ4n) is 13.1. The smallest absolute Gasteiger partial charge is 0.160 e. The molecule has 82 heavy (non-hydrogen) atoms. The van der Waals surface area contributed by atoms with Crippen LogP contribution in [0.3, 0.4) is 0 Å². The molecule has 0 aliphatic heterocycles. The van der Waals surface area contributed by atoms with Gasteiger partial charge in [0, 0.05) is 82.4 Å². The first-order valence-electron chi connectivity index (χ1n) is 28.0. The highest BCUT2D eigenvalue weighted by Gasteiger charge is 2.23. The Hall–Kier alpha value is -11.1. The number of fused-ring (bicyclic) bond motifs is 12. The topological polar surface area (TPSA) is 45.5 Å². The van der Waals surface area contributed by atoms with Crippen molar-refractivity contribution in [3.05, 3.63) is 291 Å². The summed E-state index contributed by atoms with van der Waals surface area (Å²) in [6.07, 6.45) is 0. The normalized spacial score (nSPS) is 11.9. The van der Waals surface area contributed by atoms with Crippen molar-refractivity contribution in [2.75, 3.05) is 0 Å². The third-order valence-corrected chi connectivity index (χ3v) is 16.8. The third kappa shape index (κ3) is 7.08. The van der Waals surface area contributed by atoms with Crippen LogP contribution < -0.4 is 0 Å². The Morgan fingerprint density at radius 2 is 0.561 bits per heavy atom. The lowest BCUT2D eigenvalue weighted by molar-refractivity contribution is 1.15. The van der Waals surface area contributed by atoms with E-state index < -0.39 is 0 Å². The van der Waals surface area contributed by atoms with Gasteiger partial charge in [-0.1, -0.05) is 182 Å². The Labute approximate surface area is 471 Å². The van der Waals surface area contributed by atoms with E-state index in [0.717, 1.165) is 94.8 Å². The number of benzene rings is 12. The first-order valence-corrected chi connectivity index (χ1v) is 28.0. The molecule has 0 fully saturated rings. The average Bonchev–Trinajstić information content (AvgIpc) is 3.16. The average molecular weight is 1050 g/mol. The molecule has 12 aromatic carbocycles. The van der Waals surface area contributed by atoms with Gasteiger partial charge in [0.1, 0.15) is 0 Å². The van der Waals surface area contributed by atoms with Crippen LogP contribution >= 0.6 is 0 Å². The largest absolute Gasteiger partial charge is 0.309 e. The molecule has 17 aromatic rings. The summed E-state index contributed by atoms with van der Waals surface area (Å²) >= 11 is 0. The molecule has 0 N–H and O–H groups in total. The summed E-state index contributed by atoms with van der Waals surface area (Å²) < 4.78 is 9.75. The van der Waals surface area contributed by atoms with E-state index in [-0.39, 0.29) is 0 Å². The van der Waals surface area contributed by atoms with Crippen LogP contribution in [0.2, 0.25) is 0 Å². The summed E-state index contributed by atoms with van der Waals surface area (Å²) in [4.78, 5) is 10.8. The molecular formula is C76H48N6. The fraction of sp³-hybridized carbons (Fsp3) is 0. The maximum atomic E-state index is 5.38.